The molecule has 124 valence electrons. The summed E-state index contributed by atoms with van der Waals surface area (Å²) in [7, 11) is 0. The summed E-state index contributed by atoms with van der Waals surface area (Å²) < 4.78 is 6.06. The van der Waals surface area contributed by atoms with E-state index in [0.29, 0.717) is 16.9 Å². The van der Waals surface area contributed by atoms with Crippen molar-refractivity contribution in [1.82, 2.24) is 4.90 Å². The van der Waals surface area contributed by atoms with E-state index in [1.54, 1.807) is 23.1 Å². The van der Waals surface area contributed by atoms with Gasteiger partial charge in [-0.15, -0.1) is 0 Å². The number of benzene rings is 1. The Labute approximate surface area is 137 Å². The summed E-state index contributed by atoms with van der Waals surface area (Å²) in [5, 5.41) is 20.1. The molecule has 2 unspecified atom stereocenters. The molecule has 0 spiro atoms. The zero-order chi connectivity index (χ0) is 17.6. The normalized spacial score (nSPS) is 22.5. The summed E-state index contributed by atoms with van der Waals surface area (Å²) in [4.78, 5) is 13.9. The number of ether oxygens (including phenoxy) is 1. The van der Waals surface area contributed by atoms with Gasteiger partial charge in [0.15, 0.2) is 0 Å². The lowest BCUT2D eigenvalue weighted by Gasteiger charge is -2.52. The van der Waals surface area contributed by atoms with Crippen LogP contribution in [0.5, 0.6) is 5.75 Å². The van der Waals surface area contributed by atoms with Crippen molar-refractivity contribution >= 4 is 5.91 Å². The highest BCUT2D eigenvalue weighted by Gasteiger charge is 2.50. The van der Waals surface area contributed by atoms with E-state index < -0.39 is 23.3 Å². The second-order valence-corrected chi connectivity index (χ2v) is 7.52. The van der Waals surface area contributed by atoms with E-state index in [0.717, 1.165) is 0 Å². The topological polar surface area (TPSA) is 73.6 Å². The first kappa shape index (κ1) is 17.3. The van der Waals surface area contributed by atoms with E-state index >= 15 is 0 Å². The van der Waals surface area contributed by atoms with E-state index in [9.17, 15) is 9.90 Å². The molecule has 2 atom stereocenters. The molecule has 1 aliphatic rings. The molecule has 0 aliphatic carbocycles. The SMILES string of the molecule is CC(=O)N(C1C(O)c2cc(C#N)ccc2OC1(C)C)C(C)(C)C. The monoisotopic (exact) mass is 316 g/mol. The fourth-order valence-electron chi connectivity index (χ4n) is 3.37. The molecule has 1 aromatic carbocycles. The van der Waals surface area contributed by atoms with Gasteiger partial charge in [-0.25, -0.2) is 0 Å². The van der Waals surface area contributed by atoms with Crippen LogP contribution in [0.3, 0.4) is 0 Å². The fourth-order valence-corrected chi connectivity index (χ4v) is 3.37. The van der Waals surface area contributed by atoms with Crippen molar-refractivity contribution < 1.29 is 14.6 Å². The van der Waals surface area contributed by atoms with Crippen molar-refractivity contribution in [2.45, 2.75) is 64.8 Å². The molecule has 0 fully saturated rings. The number of nitriles is 1. The van der Waals surface area contributed by atoms with Gasteiger partial charge in [-0.3, -0.25) is 4.79 Å². The number of hydrogen-bond acceptors (Lipinski definition) is 4. The number of fused-ring (bicyclic) bond motifs is 1. The first-order valence-corrected chi connectivity index (χ1v) is 7.70. The van der Waals surface area contributed by atoms with E-state index in [4.69, 9.17) is 10.00 Å². The standard InChI is InChI=1S/C18H24N2O3/c1-11(21)20(17(2,3)4)16-15(22)13-9-12(10-19)7-8-14(13)23-18(16,5)6/h7-9,15-16,22H,1-6H3. The van der Waals surface area contributed by atoms with Crippen molar-refractivity contribution in [1.29, 1.82) is 5.26 Å². The van der Waals surface area contributed by atoms with Gasteiger partial charge in [0.1, 0.15) is 23.5 Å². The third-order valence-electron chi connectivity index (χ3n) is 4.18. The van der Waals surface area contributed by atoms with Gasteiger partial charge in [0.2, 0.25) is 5.91 Å². The number of aliphatic hydroxyl groups excluding tert-OH is 1. The Bertz CT molecular complexity index is 668. The van der Waals surface area contributed by atoms with Gasteiger partial charge >= 0.3 is 0 Å². The molecule has 5 nitrogen and oxygen atoms in total. The lowest BCUT2D eigenvalue weighted by molar-refractivity contribution is -0.155. The molecule has 0 aromatic heterocycles. The molecule has 0 saturated carbocycles. The average molecular weight is 316 g/mol. The minimum atomic E-state index is -0.926. The number of hydrogen-bond donors (Lipinski definition) is 1. The van der Waals surface area contributed by atoms with Gasteiger partial charge < -0.3 is 14.7 Å². The van der Waals surface area contributed by atoms with Gasteiger partial charge in [-0.2, -0.15) is 5.26 Å². The van der Waals surface area contributed by atoms with Crippen LogP contribution < -0.4 is 4.74 Å². The number of aliphatic hydroxyl groups is 1. The maximum atomic E-state index is 12.3. The molecular weight excluding hydrogens is 292 g/mol. The molecule has 1 amide bonds. The van der Waals surface area contributed by atoms with Gasteiger partial charge in [0.05, 0.1) is 11.6 Å². The summed E-state index contributed by atoms with van der Waals surface area (Å²) in [6.45, 7) is 11.0. The van der Waals surface area contributed by atoms with Crippen molar-refractivity contribution in [3.05, 3.63) is 29.3 Å². The predicted molar refractivity (Wildman–Crippen MR) is 86.9 cm³/mol. The van der Waals surface area contributed by atoms with E-state index in [1.165, 1.54) is 6.92 Å². The first-order valence-electron chi connectivity index (χ1n) is 7.70. The summed E-state index contributed by atoms with van der Waals surface area (Å²) in [5.74, 6) is 0.424. The molecule has 1 aliphatic heterocycles. The predicted octanol–water partition coefficient (Wildman–Crippen LogP) is 2.78. The Kier molecular flexibility index (Phi) is 4.16. The summed E-state index contributed by atoms with van der Waals surface area (Å²) in [5.41, 5.74) is -0.235. The van der Waals surface area contributed by atoms with Gasteiger partial charge in [-0.05, 0) is 52.8 Å². The second kappa shape index (κ2) is 5.54. The Morgan fingerprint density at radius 2 is 2.00 bits per heavy atom. The molecule has 1 aromatic rings. The average Bonchev–Trinajstić information content (AvgIpc) is 2.40. The van der Waals surface area contributed by atoms with Crippen LogP contribution in [0.1, 0.15) is 58.8 Å². The van der Waals surface area contributed by atoms with Crippen LogP contribution in [0.15, 0.2) is 18.2 Å². The van der Waals surface area contributed by atoms with E-state index in [1.807, 2.05) is 34.6 Å². The summed E-state index contributed by atoms with van der Waals surface area (Å²) >= 11 is 0. The number of rotatable bonds is 1. The first-order chi connectivity index (χ1) is 10.5. The zero-order valence-corrected chi connectivity index (χ0v) is 14.5. The number of nitrogens with zero attached hydrogens (tertiary/aromatic N) is 2. The minimum Gasteiger partial charge on any atom is -0.485 e. The van der Waals surface area contributed by atoms with Crippen LogP contribution >= 0.6 is 0 Å². The molecule has 1 N–H and O–H groups in total. The number of amides is 1. The largest absolute Gasteiger partial charge is 0.485 e. The molecule has 23 heavy (non-hydrogen) atoms. The molecule has 0 radical (unpaired) electrons. The third kappa shape index (κ3) is 3.04. The van der Waals surface area contributed by atoms with E-state index in [-0.39, 0.29) is 5.91 Å². The number of carbonyl (C=O) groups excluding carboxylic acids is 1. The van der Waals surface area contributed by atoms with Gasteiger partial charge in [0, 0.05) is 18.0 Å². The highest BCUT2D eigenvalue weighted by Crippen LogP contribution is 2.44. The molecule has 5 heteroatoms. The fraction of sp³-hybridized carbons (Fsp3) is 0.556. The van der Waals surface area contributed by atoms with Crippen LogP contribution in [0, 0.1) is 11.3 Å². The minimum absolute atomic E-state index is 0.127. The van der Waals surface area contributed by atoms with Crippen molar-refractivity contribution in [2.24, 2.45) is 0 Å². The Hall–Kier alpha value is -2.06. The molecule has 1 heterocycles. The summed E-state index contributed by atoms with van der Waals surface area (Å²) in [6.07, 6.45) is -0.926. The maximum absolute atomic E-state index is 12.3. The maximum Gasteiger partial charge on any atom is 0.220 e. The van der Waals surface area contributed by atoms with Crippen molar-refractivity contribution in [2.75, 3.05) is 0 Å². The molecular formula is C18H24N2O3. The van der Waals surface area contributed by atoms with Crippen LogP contribution in [0.4, 0.5) is 0 Å². The van der Waals surface area contributed by atoms with Crippen molar-refractivity contribution in [3.8, 4) is 11.8 Å². The van der Waals surface area contributed by atoms with Crippen LogP contribution in [0.2, 0.25) is 0 Å². The smallest absolute Gasteiger partial charge is 0.220 e. The highest BCUT2D eigenvalue weighted by atomic mass is 16.5. The van der Waals surface area contributed by atoms with Crippen LogP contribution in [-0.2, 0) is 4.79 Å². The van der Waals surface area contributed by atoms with Crippen molar-refractivity contribution in [3.63, 3.8) is 0 Å². The lowest BCUT2D eigenvalue weighted by atomic mass is 9.82. The van der Waals surface area contributed by atoms with Crippen LogP contribution in [-0.4, -0.2) is 33.1 Å². The molecule has 0 bridgehead atoms. The Morgan fingerprint density at radius 1 is 1.39 bits per heavy atom. The highest BCUT2D eigenvalue weighted by molar-refractivity contribution is 5.75. The second-order valence-electron chi connectivity index (χ2n) is 7.52. The zero-order valence-electron chi connectivity index (χ0n) is 14.5. The Morgan fingerprint density at radius 3 is 2.48 bits per heavy atom. The molecule has 2 rings (SSSR count). The van der Waals surface area contributed by atoms with Gasteiger partial charge in [-0.1, -0.05) is 0 Å². The van der Waals surface area contributed by atoms with Crippen LogP contribution in [0.25, 0.3) is 0 Å². The van der Waals surface area contributed by atoms with Gasteiger partial charge in [0.25, 0.3) is 0 Å². The summed E-state index contributed by atoms with van der Waals surface area (Å²) in [6, 6.07) is 6.50. The number of carbonyl (C=O) groups is 1. The third-order valence-corrected chi connectivity index (χ3v) is 4.18. The quantitative estimate of drug-likeness (QED) is 0.864. The van der Waals surface area contributed by atoms with E-state index in [2.05, 4.69) is 6.07 Å². The molecule has 0 saturated heterocycles. The lowest BCUT2D eigenvalue weighted by Crippen LogP contribution is -2.63. The Balaban J connectivity index is 2.59.